The molecule has 13 heavy (non-hydrogen) atoms. The van der Waals surface area contributed by atoms with Crippen molar-refractivity contribution in [3.8, 4) is 17.2 Å². The number of hydrogen-bond donors (Lipinski definition) is 2. The first-order chi connectivity index (χ1) is 6.29. The van der Waals surface area contributed by atoms with Crippen LogP contribution in [0.25, 0.3) is 0 Å². The number of aromatic hydroxyl groups is 1. The van der Waals surface area contributed by atoms with Gasteiger partial charge in [0.05, 0.1) is 13.7 Å². The number of methoxy groups -OCH3 is 1. The zero-order chi connectivity index (χ0) is 9.68. The van der Waals surface area contributed by atoms with E-state index in [4.69, 9.17) is 14.6 Å². The van der Waals surface area contributed by atoms with Crippen molar-refractivity contribution in [2.24, 2.45) is 0 Å². The molecule has 0 heterocycles. The van der Waals surface area contributed by atoms with Crippen molar-refractivity contribution < 1.29 is 19.7 Å². The molecule has 0 unspecified atom stereocenters. The Morgan fingerprint density at radius 1 is 1.31 bits per heavy atom. The topological polar surface area (TPSA) is 58.9 Å². The molecule has 0 radical (unpaired) electrons. The summed E-state index contributed by atoms with van der Waals surface area (Å²) in [5, 5.41) is 18.0. The second kappa shape index (κ2) is 4.57. The molecule has 1 aromatic carbocycles. The molecule has 0 saturated carbocycles. The Morgan fingerprint density at radius 2 is 2.00 bits per heavy atom. The Labute approximate surface area is 76.3 Å². The monoisotopic (exact) mass is 184 g/mol. The van der Waals surface area contributed by atoms with Gasteiger partial charge in [-0.1, -0.05) is 6.07 Å². The van der Waals surface area contributed by atoms with Crippen molar-refractivity contribution in [2.45, 2.75) is 0 Å². The first-order valence-corrected chi connectivity index (χ1v) is 3.89. The zero-order valence-electron chi connectivity index (χ0n) is 7.36. The van der Waals surface area contributed by atoms with Crippen molar-refractivity contribution in [3.63, 3.8) is 0 Å². The molecule has 0 spiro atoms. The number of aliphatic hydroxyl groups excluding tert-OH is 1. The quantitative estimate of drug-likeness (QED) is 0.725. The molecule has 1 rings (SSSR count). The predicted molar refractivity (Wildman–Crippen MR) is 47.2 cm³/mol. The predicted octanol–water partition coefficient (Wildman–Crippen LogP) is 0.772. The number of aliphatic hydroxyl groups is 1. The van der Waals surface area contributed by atoms with Crippen molar-refractivity contribution in [1.29, 1.82) is 0 Å². The van der Waals surface area contributed by atoms with Gasteiger partial charge in [0, 0.05) is 0 Å². The number of benzene rings is 1. The van der Waals surface area contributed by atoms with Gasteiger partial charge in [-0.2, -0.15) is 0 Å². The maximum absolute atomic E-state index is 9.48. The van der Waals surface area contributed by atoms with E-state index in [1.54, 1.807) is 18.2 Å². The summed E-state index contributed by atoms with van der Waals surface area (Å²) >= 11 is 0. The van der Waals surface area contributed by atoms with E-state index in [0.717, 1.165) is 0 Å². The summed E-state index contributed by atoms with van der Waals surface area (Å²) in [7, 11) is 1.46. The van der Waals surface area contributed by atoms with E-state index < -0.39 is 0 Å². The summed E-state index contributed by atoms with van der Waals surface area (Å²) in [6.07, 6.45) is 0. The third kappa shape index (κ3) is 2.26. The first kappa shape index (κ1) is 9.67. The Morgan fingerprint density at radius 3 is 2.62 bits per heavy atom. The third-order valence-electron chi connectivity index (χ3n) is 1.53. The summed E-state index contributed by atoms with van der Waals surface area (Å²) in [5.41, 5.74) is 0. The second-order valence-corrected chi connectivity index (χ2v) is 2.38. The first-order valence-electron chi connectivity index (χ1n) is 3.89. The lowest BCUT2D eigenvalue weighted by Gasteiger charge is -2.08. The molecule has 72 valence electrons. The van der Waals surface area contributed by atoms with Gasteiger partial charge in [-0.25, -0.2) is 0 Å². The van der Waals surface area contributed by atoms with Gasteiger partial charge in [0.1, 0.15) is 6.61 Å². The van der Waals surface area contributed by atoms with Crippen molar-refractivity contribution in [1.82, 2.24) is 0 Å². The summed E-state index contributed by atoms with van der Waals surface area (Å²) < 4.78 is 9.92. The largest absolute Gasteiger partial charge is 0.502 e. The van der Waals surface area contributed by atoms with Gasteiger partial charge in [-0.15, -0.1) is 0 Å². The summed E-state index contributed by atoms with van der Waals surface area (Å²) in [6, 6.07) is 4.93. The standard InChI is InChI=1S/C9H12O4/c1-12-7-3-2-4-8(9(7)11)13-6-5-10/h2-4,10-11H,5-6H2,1H3. The van der Waals surface area contributed by atoms with Gasteiger partial charge in [0.2, 0.25) is 5.75 Å². The van der Waals surface area contributed by atoms with Crippen LogP contribution in [-0.2, 0) is 0 Å². The maximum Gasteiger partial charge on any atom is 0.200 e. The number of para-hydroxylation sites is 1. The molecule has 0 aromatic heterocycles. The SMILES string of the molecule is COc1cccc(OCCO)c1O. The van der Waals surface area contributed by atoms with Crippen LogP contribution >= 0.6 is 0 Å². The minimum absolute atomic E-state index is 0.0431. The van der Waals surface area contributed by atoms with Crippen LogP contribution < -0.4 is 9.47 Å². The van der Waals surface area contributed by atoms with Crippen LogP contribution in [0.15, 0.2) is 18.2 Å². The van der Waals surface area contributed by atoms with E-state index >= 15 is 0 Å². The molecule has 0 amide bonds. The molecule has 0 atom stereocenters. The molecule has 1 aromatic rings. The third-order valence-corrected chi connectivity index (χ3v) is 1.53. The number of hydrogen-bond acceptors (Lipinski definition) is 4. The molecule has 0 bridgehead atoms. The highest BCUT2D eigenvalue weighted by molar-refractivity contribution is 5.49. The molecular weight excluding hydrogens is 172 g/mol. The van der Waals surface area contributed by atoms with Crippen molar-refractivity contribution in [2.75, 3.05) is 20.3 Å². The van der Waals surface area contributed by atoms with Crippen LogP contribution in [0.5, 0.6) is 17.2 Å². The van der Waals surface area contributed by atoms with E-state index in [-0.39, 0.29) is 19.0 Å². The average molecular weight is 184 g/mol. The number of rotatable bonds is 4. The number of phenols is 1. The Bertz CT molecular complexity index is 272. The van der Waals surface area contributed by atoms with Crippen LogP contribution in [-0.4, -0.2) is 30.5 Å². The Balaban J connectivity index is 2.81. The molecule has 0 saturated heterocycles. The fraction of sp³-hybridized carbons (Fsp3) is 0.333. The molecular formula is C9H12O4. The lowest BCUT2D eigenvalue weighted by Crippen LogP contribution is -2.01. The zero-order valence-corrected chi connectivity index (χ0v) is 7.36. The summed E-state index contributed by atoms with van der Waals surface area (Å²) in [5.74, 6) is 0.627. The number of ether oxygens (including phenoxy) is 2. The van der Waals surface area contributed by atoms with Crippen molar-refractivity contribution in [3.05, 3.63) is 18.2 Å². The number of phenolic OH excluding ortho intramolecular Hbond substituents is 1. The normalized spacial score (nSPS) is 9.69. The van der Waals surface area contributed by atoms with Gasteiger partial charge in [-0.3, -0.25) is 0 Å². The summed E-state index contributed by atoms with van der Waals surface area (Å²) in [4.78, 5) is 0. The average Bonchev–Trinajstić information content (AvgIpc) is 2.16. The molecule has 0 aliphatic rings. The van der Waals surface area contributed by atoms with E-state index in [9.17, 15) is 5.11 Å². The van der Waals surface area contributed by atoms with Gasteiger partial charge in [0.15, 0.2) is 11.5 Å². The molecule has 0 aliphatic heterocycles. The van der Waals surface area contributed by atoms with E-state index in [1.165, 1.54) is 7.11 Å². The maximum atomic E-state index is 9.48. The van der Waals surface area contributed by atoms with Gasteiger partial charge in [-0.05, 0) is 12.1 Å². The Kier molecular flexibility index (Phi) is 3.40. The fourth-order valence-corrected chi connectivity index (χ4v) is 0.939. The van der Waals surface area contributed by atoms with Crippen LogP contribution in [0.1, 0.15) is 0 Å². The minimum atomic E-state index is -0.0867. The fourth-order valence-electron chi connectivity index (χ4n) is 0.939. The van der Waals surface area contributed by atoms with Gasteiger partial charge < -0.3 is 19.7 Å². The van der Waals surface area contributed by atoms with E-state index in [1.807, 2.05) is 0 Å². The molecule has 4 heteroatoms. The highest BCUT2D eigenvalue weighted by atomic mass is 16.5. The lowest BCUT2D eigenvalue weighted by molar-refractivity contribution is 0.196. The smallest absolute Gasteiger partial charge is 0.200 e. The molecule has 0 aliphatic carbocycles. The molecule has 2 N–H and O–H groups in total. The van der Waals surface area contributed by atoms with E-state index in [0.29, 0.717) is 11.5 Å². The van der Waals surface area contributed by atoms with Crippen LogP contribution in [0.2, 0.25) is 0 Å². The second-order valence-electron chi connectivity index (χ2n) is 2.38. The molecule has 0 fully saturated rings. The molecule has 4 nitrogen and oxygen atoms in total. The van der Waals surface area contributed by atoms with Crippen molar-refractivity contribution >= 4 is 0 Å². The minimum Gasteiger partial charge on any atom is -0.502 e. The van der Waals surface area contributed by atoms with Crippen LogP contribution in [0, 0.1) is 0 Å². The lowest BCUT2D eigenvalue weighted by atomic mass is 10.3. The van der Waals surface area contributed by atoms with Gasteiger partial charge >= 0.3 is 0 Å². The Hall–Kier alpha value is -1.42. The van der Waals surface area contributed by atoms with Gasteiger partial charge in [0.25, 0.3) is 0 Å². The van der Waals surface area contributed by atoms with E-state index in [2.05, 4.69) is 0 Å². The van der Waals surface area contributed by atoms with Crippen LogP contribution in [0.3, 0.4) is 0 Å². The highest BCUT2D eigenvalue weighted by Crippen LogP contribution is 2.35. The van der Waals surface area contributed by atoms with Crippen LogP contribution in [0.4, 0.5) is 0 Å². The highest BCUT2D eigenvalue weighted by Gasteiger charge is 2.07. The summed E-state index contributed by atoms with van der Waals surface area (Å²) in [6.45, 7) is 0.0668.